The van der Waals surface area contributed by atoms with E-state index >= 15 is 0 Å². The molecule has 112 valence electrons. The Balaban J connectivity index is 1.91. The predicted molar refractivity (Wildman–Crippen MR) is 80.3 cm³/mol. The molecule has 0 radical (unpaired) electrons. The van der Waals surface area contributed by atoms with Crippen molar-refractivity contribution in [1.29, 1.82) is 0 Å². The van der Waals surface area contributed by atoms with Crippen molar-refractivity contribution in [2.45, 2.75) is 64.0 Å². The summed E-state index contributed by atoms with van der Waals surface area (Å²) in [7, 11) is 2.11. The maximum atomic E-state index is 9.30. The van der Waals surface area contributed by atoms with Gasteiger partial charge >= 0.3 is 0 Å². The maximum absolute atomic E-state index is 9.30. The first kappa shape index (κ1) is 15.3. The molecule has 0 bridgehead atoms. The van der Waals surface area contributed by atoms with Crippen LogP contribution >= 0.6 is 0 Å². The second-order valence-corrected chi connectivity index (χ2v) is 6.55. The van der Waals surface area contributed by atoms with E-state index < -0.39 is 0 Å². The number of aliphatic hydroxyl groups is 1. The zero-order valence-electron chi connectivity index (χ0n) is 12.8. The van der Waals surface area contributed by atoms with Gasteiger partial charge in [0.2, 0.25) is 0 Å². The second-order valence-electron chi connectivity index (χ2n) is 6.55. The van der Waals surface area contributed by atoms with Gasteiger partial charge in [0, 0.05) is 25.2 Å². The number of nitrogens with zero attached hydrogens (tertiary/aromatic N) is 1. The smallest absolute Gasteiger partial charge is 0.0558 e. The van der Waals surface area contributed by atoms with Crippen LogP contribution in [0.15, 0.2) is 0 Å². The summed E-state index contributed by atoms with van der Waals surface area (Å²) < 4.78 is 0. The van der Waals surface area contributed by atoms with Gasteiger partial charge in [-0.15, -0.1) is 0 Å². The lowest BCUT2D eigenvalue weighted by atomic mass is 9.76. The Bertz CT molecular complexity index is 255. The van der Waals surface area contributed by atoms with E-state index in [0.29, 0.717) is 12.6 Å². The molecule has 2 aliphatic rings. The van der Waals surface area contributed by atoms with Crippen molar-refractivity contribution in [2.75, 3.05) is 26.7 Å². The monoisotopic (exact) mass is 268 g/mol. The molecule has 0 heterocycles. The quantitative estimate of drug-likeness (QED) is 0.743. The first-order chi connectivity index (χ1) is 9.28. The third-order valence-corrected chi connectivity index (χ3v) is 5.49. The minimum atomic E-state index is 0.310. The van der Waals surface area contributed by atoms with Crippen LogP contribution in [-0.2, 0) is 0 Å². The van der Waals surface area contributed by atoms with Crippen LogP contribution in [0.2, 0.25) is 0 Å². The van der Waals surface area contributed by atoms with Crippen molar-refractivity contribution in [3.63, 3.8) is 0 Å². The van der Waals surface area contributed by atoms with Crippen molar-refractivity contribution in [1.82, 2.24) is 10.2 Å². The topological polar surface area (TPSA) is 35.5 Å². The lowest BCUT2D eigenvalue weighted by Crippen LogP contribution is -2.49. The molecule has 0 amide bonds. The summed E-state index contributed by atoms with van der Waals surface area (Å²) in [4.78, 5) is 2.57. The summed E-state index contributed by atoms with van der Waals surface area (Å²) in [6.07, 6.45) is 9.48. The highest BCUT2D eigenvalue weighted by atomic mass is 16.3. The first-order valence-corrected chi connectivity index (χ1v) is 8.30. The van der Waals surface area contributed by atoms with Crippen LogP contribution in [0.1, 0.15) is 51.9 Å². The van der Waals surface area contributed by atoms with Crippen molar-refractivity contribution in [3.05, 3.63) is 0 Å². The van der Waals surface area contributed by atoms with Crippen LogP contribution in [-0.4, -0.2) is 48.8 Å². The Morgan fingerprint density at radius 3 is 2.53 bits per heavy atom. The predicted octanol–water partition coefficient (Wildman–Crippen LogP) is 2.25. The van der Waals surface area contributed by atoms with Crippen LogP contribution in [0, 0.1) is 11.8 Å². The van der Waals surface area contributed by atoms with Crippen LogP contribution in [0.4, 0.5) is 0 Å². The van der Waals surface area contributed by atoms with E-state index in [1.807, 2.05) is 0 Å². The number of nitrogens with one attached hydrogen (secondary N) is 1. The lowest BCUT2D eigenvalue weighted by Gasteiger charge is -2.43. The molecule has 0 aromatic rings. The fourth-order valence-electron chi connectivity index (χ4n) is 3.92. The normalized spacial score (nSPS) is 32.5. The Labute approximate surface area is 118 Å². The van der Waals surface area contributed by atoms with E-state index in [2.05, 4.69) is 24.2 Å². The molecule has 2 saturated carbocycles. The molecule has 3 atom stereocenters. The molecule has 19 heavy (non-hydrogen) atoms. The van der Waals surface area contributed by atoms with Gasteiger partial charge in [0.1, 0.15) is 0 Å². The fraction of sp³-hybridized carbons (Fsp3) is 1.00. The molecule has 0 spiro atoms. The van der Waals surface area contributed by atoms with Gasteiger partial charge in [-0.25, -0.2) is 0 Å². The number of hydrogen-bond acceptors (Lipinski definition) is 3. The van der Waals surface area contributed by atoms with E-state index in [4.69, 9.17) is 0 Å². The highest BCUT2D eigenvalue weighted by Gasteiger charge is 2.33. The van der Waals surface area contributed by atoms with Gasteiger partial charge in [-0.3, -0.25) is 4.90 Å². The van der Waals surface area contributed by atoms with Crippen molar-refractivity contribution in [3.8, 4) is 0 Å². The third-order valence-electron chi connectivity index (χ3n) is 5.49. The summed E-state index contributed by atoms with van der Waals surface area (Å²) in [5, 5.41) is 12.8. The van der Waals surface area contributed by atoms with E-state index in [1.165, 1.54) is 51.5 Å². The maximum Gasteiger partial charge on any atom is 0.0558 e. The lowest BCUT2D eigenvalue weighted by molar-refractivity contribution is 0.0612. The highest BCUT2D eigenvalue weighted by Crippen LogP contribution is 2.33. The summed E-state index contributed by atoms with van der Waals surface area (Å²) in [6.45, 7) is 4.70. The summed E-state index contributed by atoms with van der Waals surface area (Å²) in [5.41, 5.74) is 0. The summed E-state index contributed by atoms with van der Waals surface area (Å²) >= 11 is 0. The van der Waals surface area contributed by atoms with Gasteiger partial charge in [-0.05, 0) is 51.0 Å². The van der Waals surface area contributed by atoms with Crippen LogP contribution in [0.25, 0.3) is 0 Å². The van der Waals surface area contributed by atoms with Crippen molar-refractivity contribution >= 4 is 0 Å². The SMILES string of the molecule is CCC1CCC(NC)C(CN(CCO)C2CCC2)C1. The van der Waals surface area contributed by atoms with Crippen molar-refractivity contribution in [2.24, 2.45) is 11.8 Å². The molecule has 3 unspecified atom stereocenters. The van der Waals surface area contributed by atoms with Gasteiger partial charge < -0.3 is 10.4 Å². The molecule has 2 aliphatic carbocycles. The zero-order valence-corrected chi connectivity index (χ0v) is 12.8. The molecule has 0 aromatic heterocycles. The average molecular weight is 268 g/mol. The molecule has 0 aromatic carbocycles. The average Bonchev–Trinajstić information content (AvgIpc) is 2.37. The molecule has 0 aliphatic heterocycles. The largest absolute Gasteiger partial charge is 0.395 e. The molecule has 2 fully saturated rings. The summed E-state index contributed by atoms with van der Waals surface area (Å²) in [5.74, 6) is 1.70. The van der Waals surface area contributed by atoms with E-state index in [0.717, 1.165) is 24.4 Å². The minimum absolute atomic E-state index is 0.310. The number of hydrogen-bond donors (Lipinski definition) is 2. The molecule has 2 N–H and O–H groups in total. The molecule has 3 heteroatoms. The van der Waals surface area contributed by atoms with Crippen LogP contribution < -0.4 is 5.32 Å². The van der Waals surface area contributed by atoms with Crippen LogP contribution in [0.5, 0.6) is 0 Å². The Morgan fingerprint density at radius 2 is 2.00 bits per heavy atom. The van der Waals surface area contributed by atoms with Gasteiger partial charge in [0.05, 0.1) is 6.61 Å². The van der Waals surface area contributed by atoms with E-state index in [1.54, 1.807) is 0 Å². The number of aliphatic hydroxyl groups excluding tert-OH is 1. The molecule has 3 nitrogen and oxygen atoms in total. The molecular weight excluding hydrogens is 236 g/mol. The standard InChI is InChI=1S/C16H32N2O/c1-3-13-7-8-16(17-2)14(11-13)12-18(9-10-19)15-5-4-6-15/h13-17,19H,3-12H2,1-2H3. The molecule has 0 saturated heterocycles. The van der Waals surface area contributed by atoms with Gasteiger partial charge in [0.15, 0.2) is 0 Å². The highest BCUT2D eigenvalue weighted by molar-refractivity contribution is 4.88. The minimum Gasteiger partial charge on any atom is -0.395 e. The van der Waals surface area contributed by atoms with Crippen LogP contribution in [0.3, 0.4) is 0 Å². The molecular formula is C16H32N2O. The second kappa shape index (κ2) is 7.61. The third kappa shape index (κ3) is 3.93. The van der Waals surface area contributed by atoms with Gasteiger partial charge in [-0.2, -0.15) is 0 Å². The number of rotatable bonds is 7. The van der Waals surface area contributed by atoms with E-state index in [9.17, 15) is 5.11 Å². The molecule has 2 rings (SSSR count). The van der Waals surface area contributed by atoms with Crippen molar-refractivity contribution < 1.29 is 5.11 Å². The van der Waals surface area contributed by atoms with E-state index in [-0.39, 0.29) is 0 Å². The zero-order chi connectivity index (χ0) is 13.7. The Kier molecular flexibility index (Phi) is 6.11. The fourth-order valence-corrected chi connectivity index (χ4v) is 3.92. The Morgan fingerprint density at radius 1 is 1.21 bits per heavy atom. The first-order valence-electron chi connectivity index (χ1n) is 8.30. The Hall–Kier alpha value is -0.120. The summed E-state index contributed by atoms with van der Waals surface area (Å²) in [6, 6.07) is 1.44. The van der Waals surface area contributed by atoms with Gasteiger partial charge in [-0.1, -0.05) is 19.8 Å². The van der Waals surface area contributed by atoms with Gasteiger partial charge in [0.25, 0.3) is 0 Å².